The average molecular weight is 554 g/mol. The summed E-state index contributed by atoms with van der Waals surface area (Å²) in [6, 6.07) is 8.20. The molecule has 0 spiro atoms. The lowest BCUT2D eigenvalue weighted by molar-refractivity contribution is -0.137. The highest BCUT2D eigenvalue weighted by atomic mass is 19.4. The lowest BCUT2D eigenvalue weighted by Gasteiger charge is -2.29. The number of carbonyl (C=O) groups is 1. The number of nitrogens with one attached hydrogen (secondary N) is 2. The standard InChI is InChI=1S/C27H26F3N7O3/c1-15-4-5-19(13-22(15)37-16(2)21-14-32-25(31-3)34-23(21)35-26(37)39)33-24(38)17-10-18(27(28,29)30)12-20(11-17)36-6-8-40-9-7-36/h4-5,10-14H,6-9H2,1-3H3,(H,33,38)(H,31,34,35,39). The van der Waals surface area contributed by atoms with Gasteiger partial charge in [0.05, 0.1) is 29.9 Å². The Kier molecular flexibility index (Phi) is 7.15. The highest BCUT2D eigenvalue weighted by Gasteiger charge is 2.32. The maximum atomic E-state index is 13.7. The van der Waals surface area contributed by atoms with Gasteiger partial charge in [0.2, 0.25) is 5.95 Å². The Morgan fingerprint density at radius 1 is 1.05 bits per heavy atom. The Morgan fingerprint density at radius 3 is 2.50 bits per heavy atom. The van der Waals surface area contributed by atoms with Crippen LogP contribution in [0.5, 0.6) is 0 Å². The molecule has 0 atom stereocenters. The summed E-state index contributed by atoms with van der Waals surface area (Å²) < 4.78 is 47.8. The number of hydrogen-bond donors (Lipinski definition) is 2. The molecule has 2 N–H and O–H groups in total. The van der Waals surface area contributed by atoms with Crippen molar-refractivity contribution in [1.29, 1.82) is 0 Å². The molecule has 0 bridgehead atoms. The van der Waals surface area contributed by atoms with Gasteiger partial charge in [0.1, 0.15) is 0 Å². The van der Waals surface area contributed by atoms with Gasteiger partial charge in [0, 0.05) is 49.0 Å². The van der Waals surface area contributed by atoms with Gasteiger partial charge in [-0.2, -0.15) is 23.1 Å². The van der Waals surface area contributed by atoms with Crippen LogP contribution in [0, 0.1) is 13.8 Å². The first-order chi connectivity index (χ1) is 19.0. The van der Waals surface area contributed by atoms with Gasteiger partial charge in [0.25, 0.3) is 5.91 Å². The van der Waals surface area contributed by atoms with Crippen molar-refractivity contribution in [2.75, 3.05) is 48.9 Å². The van der Waals surface area contributed by atoms with E-state index in [9.17, 15) is 22.8 Å². The number of benzene rings is 2. The molecule has 0 radical (unpaired) electrons. The number of ether oxygens (including phenoxy) is 1. The molecule has 1 amide bonds. The van der Waals surface area contributed by atoms with E-state index in [0.29, 0.717) is 66.0 Å². The third-order valence-corrected chi connectivity index (χ3v) is 6.70. The van der Waals surface area contributed by atoms with Crippen molar-refractivity contribution in [3.63, 3.8) is 0 Å². The number of hydrogen-bond acceptors (Lipinski definition) is 8. The quantitative estimate of drug-likeness (QED) is 0.382. The number of carbonyl (C=O) groups excluding carboxylic acids is 1. The van der Waals surface area contributed by atoms with Crippen LogP contribution < -0.4 is 21.2 Å². The minimum Gasteiger partial charge on any atom is -0.378 e. The number of alkyl halides is 3. The van der Waals surface area contributed by atoms with Crippen LogP contribution >= 0.6 is 0 Å². The van der Waals surface area contributed by atoms with Crippen molar-refractivity contribution in [2.45, 2.75) is 20.0 Å². The van der Waals surface area contributed by atoms with Gasteiger partial charge in [-0.15, -0.1) is 0 Å². The summed E-state index contributed by atoms with van der Waals surface area (Å²) in [7, 11) is 1.65. The Balaban J connectivity index is 1.51. The first kappa shape index (κ1) is 27.1. The largest absolute Gasteiger partial charge is 0.416 e. The molecular formula is C27H26F3N7O3. The highest BCUT2D eigenvalue weighted by Crippen LogP contribution is 2.34. The Bertz CT molecular complexity index is 1660. The number of halogens is 3. The summed E-state index contributed by atoms with van der Waals surface area (Å²) in [6.45, 7) is 5.12. The van der Waals surface area contributed by atoms with Crippen molar-refractivity contribution < 1.29 is 22.7 Å². The number of nitrogens with zero attached hydrogens (tertiary/aromatic N) is 5. The molecule has 2 aromatic heterocycles. The summed E-state index contributed by atoms with van der Waals surface area (Å²) in [5.41, 5.74) is 0.890. The normalized spacial score (nSPS) is 13.9. The summed E-state index contributed by atoms with van der Waals surface area (Å²) in [5, 5.41) is 6.04. The molecule has 0 aliphatic carbocycles. The fraction of sp³-hybridized carbons (Fsp3) is 0.296. The van der Waals surface area contributed by atoms with Gasteiger partial charge in [0.15, 0.2) is 5.65 Å². The molecule has 10 nitrogen and oxygen atoms in total. The van der Waals surface area contributed by atoms with E-state index in [1.54, 1.807) is 50.2 Å². The molecule has 2 aromatic carbocycles. The molecule has 3 heterocycles. The number of amides is 1. The maximum Gasteiger partial charge on any atom is 0.416 e. The SMILES string of the molecule is CNc1ncc2c(C)n(-c3cc(NC(=O)c4cc(N5CCOCC5)cc(C(F)(F)F)c4)ccc3C)c(=O)nc2n1. The van der Waals surface area contributed by atoms with E-state index in [4.69, 9.17) is 4.74 Å². The molecule has 1 aliphatic rings. The minimum absolute atomic E-state index is 0.142. The third kappa shape index (κ3) is 5.32. The molecule has 1 aliphatic heterocycles. The van der Waals surface area contributed by atoms with E-state index in [-0.39, 0.29) is 11.2 Å². The van der Waals surface area contributed by atoms with Crippen LogP contribution in [0.2, 0.25) is 0 Å². The van der Waals surface area contributed by atoms with Crippen LogP contribution in [-0.4, -0.2) is 58.8 Å². The van der Waals surface area contributed by atoms with Crippen LogP contribution in [0.3, 0.4) is 0 Å². The number of anilines is 3. The molecule has 4 aromatic rings. The number of aryl methyl sites for hydroxylation is 2. The van der Waals surface area contributed by atoms with E-state index in [1.165, 1.54) is 10.6 Å². The monoisotopic (exact) mass is 553 g/mol. The van der Waals surface area contributed by atoms with E-state index >= 15 is 0 Å². The number of aromatic nitrogens is 4. The number of fused-ring (bicyclic) bond motifs is 1. The van der Waals surface area contributed by atoms with Gasteiger partial charge in [-0.05, 0) is 49.7 Å². The van der Waals surface area contributed by atoms with Gasteiger partial charge in [-0.1, -0.05) is 6.07 Å². The molecule has 0 saturated carbocycles. The van der Waals surface area contributed by atoms with Crippen molar-refractivity contribution in [1.82, 2.24) is 19.5 Å². The predicted octanol–water partition coefficient (Wildman–Crippen LogP) is 3.94. The Hall–Kier alpha value is -4.52. The Labute approximate surface area is 226 Å². The van der Waals surface area contributed by atoms with Crippen LogP contribution in [0.25, 0.3) is 16.7 Å². The third-order valence-electron chi connectivity index (χ3n) is 6.70. The molecule has 208 valence electrons. The van der Waals surface area contributed by atoms with E-state index in [2.05, 4.69) is 25.6 Å². The topological polar surface area (TPSA) is 114 Å². The molecule has 1 fully saturated rings. The van der Waals surface area contributed by atoms with Crippen molar-refractivity contribution in [3.8, 4) is 5.69 Å². The summed E-state index contributed by atoms with van der Waals surface area (Å²) >= 11 is 0. The van der Waals surface area contributed by atoms with Gasteiger partial charge >= 0.3 is 11.9 Å². The highest BCUT2D eigenvalue weighted by molar-refractivity contribution is 6.05. The fourth-order valence-corrected chi connectivity index (χ4v) is 4.56. The minimum atomic E-state index is -4.63. The van der Waals surface area contributed by atoms with Crippen molar-refractivity contribution in [3.05, 3.63) is 75.5 Å². The van der Waals surface area contributed by atoms with Crippen molar-refractivity contribution >= 4 is 34.3 Å². The number of rotatable bonds is 5. The summed E-state index contributed by atoms with van der Waals surface area (Å²) in [6.07, 6.45) is -3.07. The van der Waals surface area contributed by atoms with Gasteiger partial charge in [-0.25, -0.2) is 9.78 Å². The van der Waals surface area contributed by atoms with Gasteiger partial charge < -0.3 is 20.3 Å². The first-order valence-corrected chi connectivity index (χ1v) is 12.5. The zero-order valence-corrected chi connectivity index (χ0v) is 22.0. The van der Waals surface area contributed by atoms with Crippen LogP contribution in [0.4, 0.5) is 30.5 Å². The maximum absolute atomic E-state index is 13.7. The summed E-state index contributed by atoms with van der Waals surface area (Å²) in [5.74, 6) is -0.395. The first-order valence-electron chi connectivity index (χ1n) is 12.5. The molecule has 5 rings (SSSR count). The van der Waals surface area contributed by atoms with Crippen LogP contribution in [-0.2, 0) is 10.9 Å². The molecule has 0 unspecified atom stereocenters. The van der Waals surface area contributed by atoms with E-state index in [0.717, 1.165) is 12.1 Å². The number of morpholine rings is 1. The molecule has 1 saturated heterocycles. The molecule has 13 heteroatoms. The van der Waals surface area contributed by atoms with Gasteiger partial charge in [-0.3, -0.25) is 9.36 Å². The Morgan fingerprint density at radius 2 is 1.80 bits per heavy atom. The lowest BCUT2D eigenvalue weighted by atomic mass is 10.1. The smallest absolute Gasteiger partial charge is 0.378 e. The average Bonchev–Trinajstić information content (AvgIpc) is 2.94. The van der Waals surface area contributed by atoms with E-state index in [1.807, 2.05) is 0 Å². The lowest BCUT2D eigenvalue weighted by Crippen LogP contribution is -2.36. The fourth-order valence-electron chi connectivity index (χ4n) is 4.56. The molecular weight excluding hydrogens is 527 g/mol. The molecule has 40 heavy (non-hydrogen) atoms. The predicted molar refractivity (Wildman–Crippen MR) is 144 cm³/mol. The van der Waals surface area contributed by atoms with Crippen molar-refractivity contribution in [2.24, 2.45) is 0 Å². The van der Waals surface area contributed by atoms with E-state index < -0.39 is 23.3 Å². The second-order valence-electron chi connectivity index (χ2n) is 9.32. The second-order valence-corrected chi connectivity index (χ2v) is 9.32. The van der Waals surface area contributed by atoms with Crippen LogP contribution in [0.15, 0.2) is 47.4 Å². The zero-order valence-electron chi connectivity index (χ0n) is 22.0. The second kappa shape index (κ2) is 10.6. The zero-order chi connectivity index (χ0) is 28.6. The van der Waals surface area contributed by atoms with Crippen LogP contribution in [0.1, 0.15) is 27.2 Å². The summed E-state index contributed by atoms with van der Waals surface area (Å²) in [4.78, 5) is 40.5.